The van der Waals surface area contributed by atoms with Crippen LogP contribution in [0.3, 0.4) is 0 Å². The quantitative estimate of drug-likeness (QED) is 0.691. The van der Waals surface area contributed by atoms with E-state index in [1.165, 1.54) is 44.3 Å². The fraction of sp³-hybridized carbons (Fsp3) is 0.667. The molecule has 0 amide bonds. The molecule has 1 atom stereocenters. The largest absolute Gasteiger partial charge is 0.494 e. The number of nitrogens with zero attached hydrogens (tertiary/aromatic N) is 1. The van der Waals surface area contributed by atoms with Crippen LogP contribution in [0.25, 0.3) is 0 Å². The summed E-state index contributed by atoms with van der Waals surface area (Å²) in [6.45, 7) is 5.33. The Hall–Kier alpha value is -1.22. The fourth-order valence-electron chi connectivity index (χ4n) is 2.86. The minimum Gasteiger partial charge on any atom is -0.494 e. The molecule has 1 N–H and O–H groups in total. The summed E-state index contributed by atoms with van der Waals surface area (Å²) in [6, 6.07) is 9.06. The number of likely N-dealkylation sites (N-methyl/N-ethyl adjacent to an activating group) is 1. The molecular formula is C18H30N2O. The Morgan fingerprint density at radius 2 is 2.00 bits per heavy atom. The van der Waals surface area contributed by atoms with Crippen LogP contribution in [0.15, 0.2) is 24.3 Å². The van der Waals surface area contributed by atoms with Crippen LogP contribution in [0.1, 0.15) is 45.4 Å². The predicted octanol–water partition coefficient (Wildman–Crippen LogP) is 4.15. The van der Waals surface area contributed by atoms with Crippen molar-refractivity contribution in [2.75, 3.05) is 32.1 Å². The van der Waals surface area contributed by atoms with Gasteiger partial charge in [-0.05, 0) is 57.1 Å². The molecule has 0 spiro atoms. The average Bonchev–Trinajstić information content (AvgIpc) is 2.91. The predicted molar refractivity (Wildman–Crippen MR) is 90.2 cm³/mol. The molecule has 21 heavy (non-hydrogen) atoms. The second-order valence-corrected chi connectivity index (χ2v) is 6.09. The second kappa shape index (κ2) is 8.93. The lowest BCUT2D eigenvalue weighted by Crippen LogP contribution is -2.31. The minimum atomic E-state index is 0.680. The van der Waals surface area contributed by atoms with Gasteiger partial charge in [-0.2, -0.15) is 0 Å². The van der Waals surface area contributed by atoms with Gasteiger partial charge in [-0.25, -0.2) is 0 Å². The maximum absolute atomic E-state index is 5.77. The van der Waals surface area contributed by atoms with Crippen LogP contribution in [0.4, 0.5) is 5.69 Å². The average molecular weight is 290 g/mol. The van der Waals surface area contributed by atoms with Gasteiger partial charge < -0.3 is 15.0 Å². The van der Waals surface area contributed by atoms with Crippen molar-refractivity contribution >= 4 is 5.69 Å². The Morgan fingerprint density at radius 3 is 2.67 bits per heavy atom. The van der Waals surface area contributed by atoms with Gasteiger partial charge in [-0.1, -0.05) is 26.2 Å². The third kappa shape index (κ3) is 5.58. The summed E-state index contributed by atoms with van der Waals surface area (Å²) in [4.78, 5) is 2.45. The first-order chi connectivity index (χ1) is 10.3. The molecule has 118 valence electrons. The zero-order valence-electron chi connectivity index (χ0n) is 13.6. The van der Waals surface area contributed by atoms with Gasteiger partial charge in [-0.3, -0.25) is 0 Å². The molecular weight excluding hydrogens is 260 g/mol. The number of likely N-dealkylation sites (tertiary alicyclic amines) is 1. The summed E-state index contributed by atoms with van der Waals surface area (Å²) >= 11 is 0. The van der Waals surface area contributed by atoms with Crippen LogP contribution in [0.5, 0.6) is 5.75 Å². The van der Waals surface area contributed by atoms with Gasteiger partial charge in [0.2, 0.25) is 0 Å². The molecule has 0 saturated carbocycles. The standard InChI is InChI=1S/C18H30N2O/c1-3-4-5-6-14-21-18-11-9-16(10-12-18)19-15-17-8-7-13-20(17)2/h9-12,17,19H,3-8,13-15H2,1-2H3. The van der Waals surface area contributed by atoms with Crippen molar-refractivity contribution in [1.29, 1.82) is 0 Å². The van der Waals surface area contributed by atoms with Gasteiger partial charge in [0.15, 0.2) is 0 Å². The highest BCUT2D eigenvalue weighted by molar-refractivity contribution is 5.46. The molecule has 0 aromatic heterocycles. The summed E-state index contributed by atoms with van der Waals surface area (Å²) in [5, 5.41) is 3.53. The van der Waals surface area contributed by atoms with Gasteiger partial charge >= 0.3 is 0 Å². The lowest BCUT2D eigenvalue weighted by Gasteiger charge is -2.20. The van der Waals surface area contributed by atoms with E-state index < -0.39 is 0 Å². The van der Waals surface area contributed by atoms with Crippen molar-refractivity contribution in [2.45, 2.75) is 51.5 Å². The molecule has 1 aromatic carbocycles. The Labute approximate surface area is 129 Å². The van der Waals surface area contributed by atoms with Crippen molar-refractivity contribution in [3.63, 3.8) is 0 Å². The molecule has 0 bridgehead atoms. The molecule has 3 heteroatoms. The number of nitrogens with one attached hydrogen (secondary N) is 1. The number of ether oxygens (including phenoxy) is 1. The molecule has 1 fully saturated rings. The molecule has 3 nitrogen and oxygen atoms in total. The highest BCUT2D eigenvalue weighted by atomic mass is 16.5. The van der Waals surface area contributed by atoms with Gasteiger partial charge in [0, 0.05) is 18.3 Å². The highest BCUT2D eigenvalue weighted by Crippen LogP contribution is 2.18. The number of hydrogen-bond acceptors (Lipinski definition) is 3. The zero-order chi connectivity index (χ0) is 14.9. The molecule has 1 aliphatic heterocycles. The number of benzene rings is 1. The molecule has 2 rings (SSSR count). The topological polar surface area (TPSA) is 24.5 Å². The molecule has 0 aliphatic carbocycles. The van der Waals surface area contributed by atoms with Crippen LogP contribution in [0, 0.1) is 0 Å². The van der Waals surface area contributed by atoms with Crippen molar-refractivity contribution in [2.24, 2.45) is 0 Å². The van der Waals surface area contributed by atoms with Gasteiger partial charge in [0.05, 0.1) is 6.61 Å². The van der Waals surface area contributed by atoms with E-state index in [4.69, 9.17) is 4.74 Å². The van der Waals surface area contributed by atoms with E-state index in [9.17, 15) is 0 Å². The van der Waals surface area contributed by atoms with Crippen LogP contribution in [-0.2, 0) is 0 Å². The Balaban J connectivity index is 1.66. The van der Waals surface area contributed by atoms with Crippen molar-refractivity contribution in [3.05, 3.63) is 24.3 Å². The first-order valence-electron chi connectivity index (χ1n) is 8.46. The fourth-order valence-corrected chi connectivity index (χ4v) is 2.86. The maximum atomic E-state index is 5.77. The normalized spacial score (nSPS) is 18.9. The number of unbranched alkanes of at least 4 members (excludes halogenated alkanes) is 3. The molecule has 1 heterocycles. The third-order valence-corrected chi connectivity index (χ3v) is 4.33. The highest BCUT2D eigenvalue weighted by Gasteiger charge is 2.19. The maximum Gasteiger partial charge on any atom is 0.119 e. The monoisotopic (exact) mass is 290 g/mol. The van der Waals surface area contributed by atoms with Crippen LogP contribution < -0.4 is 10.1 Å². The minimum absolute atomic E-state index is 0.680. The summed E-state index contributed by atoms with van der Waals surface area (Å²) in [6.07, 6.45) is 7.64. The Bertz CT molecular complexity index is 391. The van der Waals surface area contributed by atoms with E-state index in [1.807, 2.05) is 0 Å². The van der Waals surface area contributed by atoms with E-state index in [2.05, 4.69) is 48.5 Å². The Kier molecular flexibility index (Phi) is 6.87. The summed E-state index contributed by atoms with van der Waals surface area (Å²) in [7, 11) is 2.22. The lowest BCUT2D eigenvalue weighted by atomic mass is 10.2. The van der Waals surface area contributed by atoms with E-state index in [1.54, 1.807) is 0 Å². The molecule has 1 aromatic rings. The Morgan fingerprint density at radius 1 is 1.19 bits per heavy atom. The van der Waals surface area contributed by atoms with E-state index >= 15 is 0 Å². The molecule has 1 unspecified atom stereocenters. The van der Waals surface area contributed by atoms with Crippen LogP contribution in [-0.4, -0.2) is 37.7 Å². The number of rotatable bonds is 9. The third-order valence-electron chi connectivity index (χ3n) is 4.33. The first-order valence-corrected chi connectivity index (χ1v) is 8.46. The SMILES string of the molecule is CCCCCCOc1ccc(NCC2CCCN2C)cc1. The first kappa shape index (κ1) is 16.2. The van der Waals surface area contributed by atoms with Crippen molar-refractivity contribution < 1.29 is 4.74 Å². The van der Waals surface area contributed by atoms with E-state index in [0.717, 1.165) is 25.3 Å². The van der Waals surface area contributed by atoms with Crippen molar-refractivity contribution in [3.8, 4) is 5.75 Å². The van der Waals surface area contributed by atoms with E-state index in [0.29, 0.717) is 6.04 Å². The molecule has 1 aliphatic rings. The smallest absolute Gasteiger partial charge is 0.119 e. The van der Waals surface area contributed by atoms with Gasteiger partial charge in [0.25, 0.3) is 0 Å². The van der Waals surface area contributed by atoms with E-state index in [-0.39, 0.29) is 0 Å². The van der Waals surface area contributed by atoms with Gasteiger partial charge in [-0.15, -0.1) is 0 Å². The summed E-state index contributed by atoms with van der Waals surface area (Å²) < 4.78 is 5.77. The zero-order valence-corrected chi connectivity index (χ0v) is 13.6. The second-order valence-electron chi connectivity index (χ2n) is 6.09. The molecule has 1 saturated heterocycles. The number of anilines is 1. The summed E-state index contributed by atoms with van der Waals surface area (Å²) in [5.74, 6) is 0.982. The summed E-state index contributed by atoms with van der Waals surface area (Å²) in [5.41, 5.74) is 1.19. The number of hydrogen-bond donors (Lipinski definition) is 1. The van der Waals surface area contributed by atoms with Crippen LogP contribution in [0.2, 0.25) is 0 Å². The molecule has 0 radical (unpaired) electrons. The van der Waals surface area contributed by atoms with Crippen LogP contribution >= 0.6 is 0 Å². The van der Waals surface area contributed by atoms with Gasteiger partial charge in [0.1, 0.15) is 5.75 Å². The van der Waals surface area contributed by atoms with Crippen molar-refractivity contribution in [1.82, 2.24) is 4.90 Å². The lowest BCUT2D eigenvalue weighted by molar-refractivity contribution is 0.305.